The summed E-state index contributed by atoms with van der Waals surface area (Å²) in [5.74, 6) is 1.30. The lowest BCUT2D eigenvalue weighted by atomic mass is 10.3. The first kappa shape index (κ1) is 11.8. The van der Waals surface area contributed by atoms with Crippen molar-refractivity contribution < 1.29 is 4.74 Å². The maximum Gasteiger partial charge on any atom is 0.160 e. The van der Waals surface area contributed by atoms with Crippen LogP contribution in [0.5, 0.6) is 11.5 Å². The maximum atomic E-state index is 6.03. The van der Waals surface area contributed by atoms with Crippen LogP contribution in [-0.4, -0.2) is 0 Å². The van der Waals surface area contributed by atoms with E-state index in [0.29, 0.717) is 21.5 Å². The fourth-order valence-corrected chi connectivity index (χ4v) is 2.10. The highest BCUT2D eigenvalue weighted by atomic mass is 79.9. The molecular formula is C12H7BrCl2O. The van der Waals surface area contributed by atoms with E-state index in [1.807, 2.05) is 12.1 Å². The van der Waals surface area contributed by atoms with E-state index in [1.165, 1.54) is 0 Å². The van der Waals surface area contributed by atoms with Gasteiger partial charge in [-0.2, -0.15) is 0 Å². The molecule has 2 aromatic carbocycles. The lowest BCUT2D eigenvalue weighted by Crippen LogP contribution is -1.86. The van der Waals surface area contributed by atoms with Gasteiger partial charge in [0.2, 0.25) is 0 Å². The number of para-hydroxylation sites is 1. The highest BCUT2D eigenvalue weighted by Gasteiger charge is 2.07. The summed E-state index contributed by atoms with van der Waals surface area (Å²) in [5, 5.41) is 1.23. The minimum Gasteiger partial charge on any atom is -0.455 e. The summed E-state index contributed by atoms with van der Waals surface area (Å²) in [6, 6.07) is 12.6. The fourth-order valence-electron chi connectivity index (χ4n) is 1.20. The van der Waals surface area contributed by atoms with Gasteiger partial charge < -0.3 is 4.74 Å². The van der Waals surface area contributed by atoms with Gasteiger partial charge in [0.15, 0.2) is 5.75 Å². The van der Waals surface area contributed by atoms with Gasteiger partial charge in [-0.25, -0.2) is 0 Å². The lowest BCUT2D eigenvalue weighted by molar-refractivity contribution is 0.480. The van der Waals surface area contributed by atoms with E-state index in [2.05, 4.69) is 15.9 Å². The normalized spacial score (nSPS) is 10.2. The summed E-state index contributed by atoms with van der Waals surface area (Å²) in [7, 11) is 0. The predicted molar refractivity (Wildman–Crippen MR) is 70.7 cm³/mol. The Morgan fingerprint density at radius 3 is 2.25 bits per heavy atom. The molecule has 0 N–H and O–H groups in total. The van der Waals surface area contributed by atoms with Crippen LogP contribution in [-0.2, 0) is 0 Å². The van der Waals surface area contributed by atoms with Crippen molar-refractivity contribution in [3.8, 4) is 11.5 Å². The first-order chi connectivity index (χ1) is 7.66. The average Bonchev–Trinajstić information content (AvgIpc) is 2.26. The molecule has 0 saturated carbocycles. The van der Waals surface area contributed by atoms with Gasteiger partial charge in [-0.15, -0.1) is 0 Å². The van der Waals surface area contributed by atoms with Crippen molar-refractivity contribution in [1.29, 1.82) is 0 Å². The molecule has 0 spiro atoms. The molecule has 2 aromatic rings. The molecule has 0 aliphatic carbocycles. The van der Waals surface area contributed by atoms with Gasteiger partial charge in [0.05, 0.1) is 9.50 Å². The second-order valence-corrected chi connectivity index (χ2v) is 4.80. The van der Waals surface area contributed by atoms with Gasteiger partial charge in [-0.1, -0.05) is 29.3 Å². The molecule has 82 valence electrons. The van der Waals surface area contributed by atoms with E-state index in [1.54, 1.807) is 30.3 Å². The molecule has 0 atom stereocenters. The Balaban J connectivity index is 2.30. The third-order valence-electron chi connectivity index (χ3n) is 1.95. The van der Waals surface area contributed by atoms with E-state index in [-0.39, 0.29) is 0 Å². The van der Waals surface area contributed by atoms with Crippen molar-refractivity contribution in [2.75, 3.05) is 0 Å². The van der Waals surface area contributed by atoms with Crippen molar-refractivity contribution >= 4 is 39.1 Å². The number of benzene rings is 2. The minimum atomic E-state index is 0.560. The van der Waals surface area contributed by atoms with E-state index >= 15 is 0 Å². The van der Waals surface area contributed by atoms with Gasteiger partial charge in [-0.3, -0.25) is 0 Å². The van der Waals surface area contributed by atoms with E-state index in [9.17, 15) is 0 Å². The zero-order chi connectivity index (χ0) is 11.5. The van der Waals surface area contributed by atoms with Crippen molar-refractivity contribution in [1.82, 2.24) is 0 Å². The first-order valence-electron chi connectivity index (χ1n) is 4.54. The van der Waals surface area contributed by atoms with Crippen LogP contribution < -0.4 is 4.74 Å². The highest BCUT2D eigenvalue weighted by Crippen LogP contribution is 2.36. The van der Waals surface area contributed by atoms with Crippen molar-refractivity contribution in [3.63, 3.8) is 0 Å². The molecule has 0 bridgehead atoms. The van der Waals surface area contributed by atoms with Crippen molar-refractivity contribution in [2.45, 2.75) is 0 Å². The van der Waals surface area contributed by atoms with Crippen LogP contribution in [0.1, 0.15) is 0 Å². The number of hydrogen-bond acceptors (Lipinski definition) is 1. The van der Waals surface area contributed by atoms with Crippen molar-refractivity contribution in [3.05, 3.63) is 57.0 Å². The smallest absolute Gasteiger partial charge is 0.160 e. The van der Waals surface area contributed by atoms with Crippen LogP contribution in [0.4, 0.5) is 0 Å². The highest BCUT2D eigenvalue weighted by molar-refractivity contribution is 9.10. The summed E-state index contributed by atoms with van der Waals surface area (Å²) in [5.41, 5.74) is 0. The standard InChI is InChI=1S/C12H7BrCl2O/c13-10-2-1-3-11(15)12(10)16-9-6-4-8(14)5-7-9/h1-7H. The Hall–Kier alpha value is -0.700. The molecule has 0 amide bonds. The molecule has 2 rings (SSSR count). The second-order valence-electron chi connectivity index (χ2n) is 3.11. The number of halogens is 3. The maximum absolute atomic E-state index is 6.03. The van der Waals surface area contributed by atoms with Gasteiger partial charge >= 0.3 is 0 Å². The first-order valence-corrected chi connectivity index (χ1v) is 6.09. The Morgan fingerprint density at radius 2 is 1.62 bits per heavy atom. The number of ether oxygens (including phenoxy) is 1. The Morgan fingerprint density at radius 1 is 0.938 bits per heavy atom. The van der Waals surface area contributed by atoms with Crippen LogP contribution in [0.25, 0.3) is 0 Å². The van der Waals surface area contributed by atoms with Crippen LogP contribution in [0.15, 0.2) is 46.9 Å². The van der Waals surface area contributed by atoms with E-state index < -0.39 is 0 Å². The van der Waals surface area contributed by atoms with Crippen LogP contribution in [0, 0.1) is 0 Å². The molecular weight excluding hydrogens is 311 g/mol. The van der Waals surface area contributed by atoms with Gasteiger partial charge in [0.25, 0.3) is 0 Å². The third kappa shape index (κ3) is 2.70. The second kappa shape index (κ2) is 5.09. The summed E-state index contributed by atoms with van der Waals surface area (Å²) in [6.07, 6.45) is 0. The average molecular weight is 318 g/mol. The zero-order valence-electron chi connectivity index (χ0n) is 8.08. The summed E-state index contributed by atoms with van der Waals surface area (Å²) < 4.78 is 6.47. The van der Waals surface area contributed by atoms with Gasteiger partial charge in [0, 0.05) is 5.02 Å². The molecule has 0 aromatic heterocycles. The zero-order valence-corrected chi connectivity index (χ0v) is 11.2. The van der Waals surface area contributed by atoms with E-state index in [0.717, 1.165) is 4.47 Å². The fraction of sp³-hybridized carbons (Fsp3) is 0. The number of rotatable bonds is 2. The topological polar surface area (TPSA) is 9.23 Å². The van der Waals surface area contributed by atoms with Crippen molar-refractivity contribution in [2.24, 2.45) is 0 Å². The summed E-state index contributed by atoms with van der Waals surface area (Å²) >= 11 is 15.2. The monoisotopic (exact) mass is 316 g/mol. The summed E-state index contributed by atoms with van der Waals surface area (Å²) in [6.45, 7) is 0. The SMILES string of the molecule is Clc1ccc(Oc2c(Cl)cccc2Br)cc1. The van der Waals surface area contributed by atoms with Crippen LogP contribution in [0.2, 0.25) is 10.0 Å². The van der Waals surface area contributed by atoms with Gasteiger partial charge in [-0.05, 0) is 52.3 Å². The molecule has 0 aliphatic rings. The van der Waals surface area contributed by atoms with E-state index in [4.69, 9.17) is 27.9 Å². The molecule has 0 aliphatic heterocycles. The Labute approximate surface area is 112 Å². The molecule has 0 unspecified atom stereocenters. The molecule has 0 radical (unpaired) electrons. The molecule has 4 heteroatoms. The molecule has 0 heterocycles. The van der Waals surface area contributed by atoms with Gasteiger partial charge in [0.1, 0.15) is 5.75 Å². The predicted octanol–water partition coefficient (Wildman–Crippen LogP) is 5.55. The minimum absolute atomic E-state index is 0.560. The number of hydrogen-bond donors (Lipinski definition) is 0. The molecule has 16 heavy (non-hydrogen) atoms. The third-order valence-corrected chi connectivity index (χ3v) is 3.13. The summed E-state index contributed by atoms with van der Waals surface area (Å²) in [4.78, 5) is 0. The molecule has 0 fully saturated rings. The molecule has 1 nitrogen and oxygen atoms in total. The Kier molecular flexibility index (Phi) is 3.74. The molecule has 0 saturated heterocycles. The Bertz CT molecular complexity index is 477. The van der Waals surface area contributed by atoms with Crippen LogP contribution >= 0.6 is 39.1 Å². The lowest BCUT2D eigenvalue weighted by Gasteiger charge is -2.09. The largest absolute Gasteiger partial charge is 0.455 e. The quantitative estimate of drug-likeness (QED) is 0.705. The van der Waals surface area contributed by atoms with Crippen LogP contribution in [0.3, 0.4) is 0 Å².